The van der Waals surface area contributed by atoms with E-state index in [1.807, 2.05) is 0 Å². The highest BCUT2D eigenvalue weighted by Gasteiger charge is 2.39. The summed E-state index contributed by atoms with van der Waals surface area (Å²) in [6.07, 6.45) is -4.01. The number of hydrogen-bond donors (Lipinski definition) is 1. The zero-order chi connectivity index (χ0) is 14.0. The predicted molar refractivity (Wildman–Crippen MR) is 66.1 cm³/mol. The summed E-state index contributed by atoms with van der Waals surface area (Å²) in [5.41, 5.74) is 0.625. The summed E-state index contributed by atoms with van der Waals surface area (Å²) < 4.78 is 36.8. The molecule has 1 aromatic rings. The molecule has 0 aliphatic carbocycles. The molecule has 7 heteroatoms. The van der Waals surface area contributed by atoms with E-state index >= 15 is 0 Å². The Labute approximate surface area is 113 Å². The first-order chi connectivity index (χ1) is 8.85. The van der Waals surface area contributed by atoms with Gasteiger partial charge >= 0.3 is 6.18 Å². The fourth-order valence-electron chi connectivity index (χ4n) is 2.03. The molecule has 1 heterocycles. The first kappa shape index (κ1) is 14.0. The molecule has 1 amide bonds. The molecule has 0 unspecified atom stereocenters. The van der Waals surface area contributed by atoms with Crippen LogP contribution in [0.2, 0.25) is 5.02 Å². The van der Waals surface area contributed by atoms with Crippen LogP contribution in [0.3, 0.4) is 0 Å². The SMILES string of the molecule is O=C1[C@H](Nc2cccc(Cl)c2)CCN1CC(F)(F)F. The number of carbonyl (C=O) groups excluding carboxylic acids is 1. The van der Waals surface area contributed by atoms with E-state index in [1.54, 1.807) is 24.3 Å². The monoisotopic (exact) mass is 292 g/mol. The number of nitrogens with one attached hydrogen (secondary N) is 1. The van der Waals surface area contributed by atoms with Crippen molar-refractivity contribution in [2.24, 2.45) is 0 Å². The summed E-state index contributed by atoms with van der Waals surface area (Å²) in [6.45, 7) is -1.09. The summed E-state index contributed by atoms with van der Waals surface area (Å²) in [4.78, 5) is 12.6. The molecule has 1 aliphatic heterocycles. The van der Waals surface area contributed by atoms with Crippen LogP contribution in [0.4, 0.5) is 18.9 Å². The van der Waals surface area contributed by atoms with Crippen molar-refractivity contribution in [1.82, 2.24) is 4.90 Å². The summed E-state index contributed by atoms with van der Waals surface area (Å²) in [5.74, 6) is -0.530. The van der Waals surface area contributed by atoms with Crippen LogP contribution in [-0.2, 0) is 4.79 Å². The number of benzene rings is 1. The Morgan fingerprint density at radius 1 is 1.42 bits per heavy atom. The second kappa shape index (κ2) is 5.28. The lowest BCUT2D eigenvalue weighted by Crippen LogP contribution is -2.39. The lowest BCUT2D eigenvalue weighted by molar-refractivity contribution is -0.157. The number of hydrogen-bond acceptors (Lipinski definition) is 2. The van der Waals surface area contributed by atoms with Gasteiger partial charge in [0.25, 0.3) is 0 Å². The van der Waals surface area contributed by atoms with E-state index in [2.05, 4.69) is 5.32 Å². The maximum atomic E-state index is 12.3. The molecule has 1 saturated heterocycles. The highest BCUT2D eigenvalue weighted by molar-refractivity contribution is 6.30. The van der Waals surface area contributed by atoms with Crippen LogP contribution in [0.15, 0.2) is 24.3 Å². The molecule has 0 saturated carbocycles. The fourth-order valence-corrected chi connectivity index (χ4v) is 2.22. The maximum absolute atomic E-state index is 12.3. The average molecular weight is 293 g/mol. The minimum absolute atomic E-state index is 0.108. The second-order valence-corrected chi connectivity index (χ2v) is 4.81. The number of amides is 1. The summed E-state index contributed by atoms with van der Waals surface area (Å²) in [6, 6.07) is 6.10. The van der Waals surface area contributed by atoms with Crippen LogP contribution >= 0.6 is 11.6 Å². The molecular formula is C12H12ClF3N2O. The molecule has 1 aromatic carbocycles. The molecule has 1 N–H and O–H groups in total. The Hall–Kier alpha value is -1.43. The van der Waals surface area contributed by atoms with Crippen molar-refractivity contribution in [2.45, 2.75) is 18.6 Å². The Morgan fingerprint density at radius 3 is 2.79 bits per heavy atom. The van der Waals surface area contributed by atoms with E-state index < -0.39 is 24.7 Å². The Balaban J connectivity index is 1.98. The van der Waals surface area contributed by atoms with E-state index in [4.69, 9.17) is 11.6 Å². The third-order valence-corrected chi connectivity index (χ3v) is 3.07. The predicted octanol–water partition coefficient (Wildman–Crippen LogP) is 2.92. The van der Waals surface area contributed by atoms with Crippen molar-refractivity contribution in [2.75, 3.05) is 18.4 Å². The van der Waals surface area contributed by atoms with Crippen LogP contribution in [0.5, 0.6) is 0 Å². The van der Waals surface area contributed by atoms with E-state index in [0.717, 1.165) is 4.90 Å². The van der Waals surface area contributed by atoms with Gasteiger partial charge in [0, 0.05) is 17.3 Å². The van der Waals surface area contributed by atoms with E-state index in [0.29, 0.717) is 17.1 Å². The standard InChI is InChI=1S/C12H12ClF3N2O/c13-8-2-1-3-9(6-8)17-10-4-5-18(11(10)19)7-12(14,15)16/h1-3,6,10,17H,4-5,7H2/t10-/m1/s1. The van der Waals surface area contributed by atoms with Gasteiger partial charge in [-0.25, -0.2) is 0 Å². The zero-order valence-electron chi connectivity index (χ0n) is 9.88. The first-order valence-electron chi connectivity index (χ1n) is 5.73. The molecule has 0 spiro atoms. The molecule has 19 heavy (non-hydrogen) atoms. The smallest absolute Gasteiger partial charge is 0.374 e. The Morgan fingerprint density at radius 2 is 2.16 bits per heavy atom. The molecule has 0 aromatic heterocycles. The average Bonchev–Trinajstić information content (AvgIpc) is 2.60. The largest absolute Gasteiger partial charge is 0.406 e. The molecule has 2 rings (SSSR count). The van der Waals surface area contributed by atoms with Crippen LogP contribution in [-0.4, -0.2) is 36.1 Å². The number of anilines is 1. The number of nitrogens with zero attached hydrogens (tertiary/aromatic N) is 1. The minimum Gasteiger partial charge on any atom is -0.374 e. The quantitative estimate of drug-likeness (QED) is 0.929. The third-order valence-electron chi connectivity index (χ3n) is 2.83. The Bertz CT molecular complexity index is 478. The number of rotatable bonds is 3. The van der Waals surface area contributed by atoms with Crippen molar-refractivity contribution in [1.29, 1.82) is 0 Å². The van der Waals surface area contributed by atoms with Crippen molar-refractivity contribution in [3.63, 3.8) is 0 Å². The van der Waals surface area contributed by atoms with Crippen molar-refractivity contribution >= 4 is 23.2 Å². The highest BCUT2D eigenvalue weighted by atomic mass is 35.5. The van der Waals surface area contributed by atoms with Gasteiger partial charge in [0.15, 0.2) is 0 Å². The van der Waals surface area contributed by atoms with Crippen molar-refractivity contribution in [3.8, 4) is 0 Å². The fraction of sp³-hybridized carbons (Fsp3) is 0.417. The molecule has 1 fully saturated rings. The van der Waals surface area contributed by atoms with E-state index in [-0.39, 0.29) is 6.54 Å². The Kier molecular flexibility index (Phi) is 3.89. The molecule has 0 radical (unpaired) electrons. The van der Waals surface area contributed by atoms with Gasteiger partial charge in [-0.3, -0.25) is 4.79 Å². The summed E-state index contributed by atoms with van der Waals surface area (Å²) in [5, 5.41) is 3.41. The van der Waals surface area contributed by atoms with Gasteiger partial charge < -0.3 is 10.2 Å². The lowest BCUT2D eigenvalue weighted by atomic mass is 10.2. The van der Waals surface area contributed by atoms with Crippen LogP contribution in [0.25, 0.3) is 0 Å². The first-order valence-corrected chi connectivity index (χ1v) is 6.10. The van der Waals surface area contributed by atoms with Crippen LogP contribution < -0.4 is 5.32 Å². The number of likely N-dealkylation sites (tertiary alicyclic amines) is 1. The van der Waals surface area contributed by atoms with Gasteiger partial charge in [0.1, 0.15) is 12.6 Å². The summed E-state index contributed by atoms with van der Waals surface area (Å²) in [7, 11) is 0. The second-order valence-electron chi connectivity index (χ2n) is 4.37. The number of alkyl halides is 3. The van der Waals surface area contributed by atoms with Gasteiger partial charge in [-0.2, -0.15) is 13.2 Å². The van der Waals surface area contributed by atoms with Gasteiger partial charge in [-0.1, -0.05) is 17.7 Å². The van der Waals surface area contributed by atoms with Gasteiger partial charge in [-0.05, 0) is 24.6 Å². The van der Waals surface area contributed by atoms with Crippen molar-refractivity contribution in [3.05, 3.63) is 29.3 Å². The normalized spacial score (nSPS) is 19.9. The van der Waals surface area contributed by atoms with E-state index in [9.17, 15) is 18.0 Å². The molecule has 1 atom stereocenters. The minimum atomic E-state index is -4.36. The molecule has 0 bridgehead atoms. The molecule has 104 valence electrons. The van der Waals surface area contributed by atoms with Crippen molar-refractivity contribution < 1.29 is 18.0 Å². The summed E-state index contributed by atoms with van der Waals surface area (Å²) >= 11 is 5.80. The van der Waals surface area contributed by atoms with Crippen LogP contribution in [0.1, 0.15) is 6.42 Å². The third kappa shape index (κ3) is 3.76. The molecule has 3 nitrogen and oxygen atoms in total. The number of halogens is 4. The maximum Gasteiger partial charge on any atom is 0.406 e. The topological polar surface area (TPSA) is 32.3 Å². The van der Waals surface area contributed by atoms with Gasteiger partial charge in [-0.15, -0.1) is 0 Å². The van der Waals surface area contributed by atoms with Gasteiger partial charge in [0.2, 0.25) is 5.91 Å². The number of carbonyl (C=O) groups is 1. The molecular weight excluding hydrogens is 281 g/mol. The van der Waals surface area contributed by atoms with Crippen LogP contribution in [0, 0.1) is 0 Å². The zero-order valence-corrected chi connectivity index (χ0v) is 10.6. The lowest BCUT2D eigenvalue weighted by Gasteiger charge is -2.19. The van der Waals surface area contributed by atoms with E-state index in [1.165, 1.54) is 0 Å². The highest BCUT2D eigenvalue weighted by Crippen LogP contribution is 2.23. The van der Waals surface area contributed by atoms with Gasteiger partial charge in [0.05, 0.1) is 0 Å². The molecule has 1 aliphatic rings.